The van der Waals surface area contributed by atoms with Gasteiger partial charge in [0.15, 0.2) is 0 Å². The van der Waals surface area contributed by atoms with Crippen molar-refractivity contribution in [2.45, 2.75) is 45.8 Å². The van der Waals surface area contributed by atoms with Crippen LogP contribution in [-0.2, 0) is 10.3 Å². The van der Waals surface area contributed by atoms with E-state index in [1.54, 1.807) is 7.11 Å². The number of carbonyl (C=O) groups excluding carboxylic acids is 1. The highest BCUT2D eigenvalue weighted by molar-refractivity contribution is 5.69. The lowest BCUT2D eigenvalue weighted by Gasteiger charge is -2.30. The van der Waals surface area contributed by atoms with Crippen molar-refractivity contribution in [3.8, 4) is 5.75 Å². The smallest absolute Gasteiger partial charge is 0.408 e. The van der Waals surface area contributed by atoms with Crippen molar-refractivity contribution < 1.29 is 14.3 Å². The van der Waals surface area contributed by atoms with Crippen LogP contribution >= 0.6 is 0 Å². The number of hydrogen-bond donors (Lipinski definition) is 1. The lowest BCUT2D eigenvalue weighted by atomic mass is 9.93. The van der Waals surface area contributed by atoms with Gasteiger partial charge in [-0.1, -0.05) is 18.2 Å². The molecule has 4 nitrogen and oxygen atoms in total. The van der Waals surface area contributed by atoms with Gasteiger partial charge in [-0.3, -0.25) is 0 Å². The van der Waals surface area contributed by atoms with Crippen LogP contribution in [0.2, 0.25) is 0 Å². The molecule has 0 heterocycles. The summed E-state index contributed by atoms with van der Waals surface area (Å²) in [6, 6.07) is 7.60. The van der Waals surface area contributed by atoms with Crippen LogP contribution in [0, 0.1) is 0 Å². The molecule has 0 bridgehead atoms. The number of alkyl carbamates (subject to hydrolysis) is 1. The van der Waals surface area contributed by atoms with E-state index >= 15 is 0 Å². The molecule has 0 aliphatic rings. The summed E-state index contributed by atoms with van der Waals surface area (Å²) in [5.74, 6) is 0.739. The van der Waals surface area contributed by atoms with Gasteiger partial charge in [-0.25, -0.2) is 4.79 Å². The molecule has 0 unspecified atom stereocenters. The number of carbonyl (C=O) groups is 1. The first-order valence-electron chi connectivity index (χ1n) is 6.30. The molecule has 19 heavy (non-hydrogen) atoms. The van der Waals surface area contributed by atoms with Gasteiger partial charge in [0, 0.05) is 5.56 Å². The Morgan fingerprint density at radius 1 is 1.11 bits per heavy atom. The maximum Gasteiger partial charge on any atom is 0.408 e. The molecule has 0 aliphatic carbocycles. The van der Waals surface area contributed by atoms with E-state index in [9.17, 15) is 4.79 Å². The molecule has 0 aromatic heterocycles. The highest BCUT2D eigenvalue weighted by Gasteiger charge is 2.28. The Morgan fingerprint density at radius 3 is 2.21 bits per heavy atom. The number of methoxy groups -OCH3 is 1. The molecule has 0 aliphatic heterocycles. The van der Waals surface area contributed by atoms with Crippen LogP contribution < -0.4 is 10.1 Å². The van der Waals surface area contributed by atoms with Crippen LogP contribution in [0.25, 0.3) is 0 Å². The van der Waals surface area contributed by atoms with E-state index in [2.05, 4.69) is 5.32 Å². The van der Waals surface area contributed by atoms with Gasteiger partial charge in [-0.2, -0.15) is 0 Å². The van der Waals surface area contributed by atoms with Crippen LogP contribution in [0.5, 0.6) is 5.75 Å². The van der Waals surface area contributed by atoms with E-state index < -0.39 is 17.2 Å². The van der Waals surface area contributed by atoms with Crippen molar-refractivity contribution in [1.82, 2.24) is 5.32 Å². The van der Waals surface area contributed by atoms with Gasteiger partial charge in [0.25, 0.3) is 0 Å². The Balaban J connectivity index is 2.89. The van der Waals surface area contributed by atoms with E-state index in [1.807, 2.05) is 58.9 Å². The molecule has 1 amide bonds. The molecule has 1 rings (SSSR count). The summed E-state index contributed by atoms with van der Waals surface area (Å²) in [5, 5.41) is 2.86. The lowest BCUT2D eigenvalue weighted by molar-refractivity contribution is 0.0469. The second-order valence-corrected chi connectivity index (χ2v) is 5.95. The zero-order valence-corrected chi connectivity index (χ0v) is 12.5. The number of rotatable bonds is 3. The average Bonchev–Trinajstić information content (AvgIpc) is 2.25. The first kappa shape index (κ1) is 15.3. The number of amides is 1. The highest BCUT2D eigenvalue weighted by Crippen LogP contribution is 2.29. The maximum absolute atomic E-state index is 11.9. The number of nitrogens with one attached hydrogen (secondary N) is 1. The SMILES string of the molecule is COc1ccccc1C(C)(C)NC(=O)OC(C)(C)C. The normalized spacial score (nSPS) is 11.9. The maximum atomic E-state index is 11.9. The van der Waals surface area contributed by atoms with Crippen molar-refractivity contribution in [2.75, 3.05) is 7.11 Å². The molecular weight excluding hydrogens is 242 g/mol. The minimum atomic E-state index is -0.574. The largest absolute Gasteiger partial charge is 0.496 e. The summed E-state index contributed by atoms with van der Waals surface area (Å²) >= 11 is 0. The predicted molar refractivity (Wildman–Crippen MR) is 75.4 cm³/mol. The number of para-hydroxylation sites is 1. The summed E-state index contributed by atoms with van der Waals surface area (Å²) < 4.78 is 10.6. The highest BCUT2D eigenvalue weighted by atomic mass is 16.6. The Kier molecular flexibility index (Phi) is 4.45. The Bertz CT molecular complexity index is 447. The fraction of sp³-hybridized carbons (Fsp3) is 0.533. The fourth-order valence-corrected chi connectivity index (χ4v) is 1.79. The van der Waals surface area contributed by atoms with E-state index in [0.717, 1.165) is 11.3 Å². The second kappa shape index (κ2) is 5.51. The zero-order chi connectivity index (χ0) is 14.7. The lowest BCUT2D eigenvalue weighted by Crippen LogP contribution is -2.43. The minimum Gasteiger partial charge on any atom is -0.496 e. The average molecular weight is 265 g/mol. The number of ether oxygens (including phenoxy) is 2. The van der Waals surface area contributed by atoms with E-state index in [0.29, 0.717) is 0 Å². The third-order valence-electron chi connectivity index (χ3n) is 2.59. The Labute approximate surface area is 115 Å². The minimum absolute atomic E-state index is 0.441. The van der Waals surface area contributed by atoms with Crippen molar-refractivity contribution in [2.24, 2.45) is 0 Å². The third kappa shape index (κ3) is 4.47. The van der Waals surface area contributed by atoms with Crippen molar-refractivity contribution in [1.29, 1.82) is 0 Å². The van der Waals surface area contributed by atoms with Crippen LogP contribution in [0.15, 0.2) is 24.3 Å². The summed E-state index contributed by atoms with van der Waals surface area (Å²) in [6.45, 7) is 9.33. The quantitative estimate of drug-likeness (QED) is 0.910. The van der Waals surface area contributed by atoms with Gasteiger partial charge < -0.3 is 14.8 Å². The van der Waals surface area contributed by atoms with Crippen LogP contribution in [0.1, 0.15) is 40.2 Å². The number of hydrogen-bond acceptors (Lipinski definition) is 3. The van der Waals surface area contributed by atoms with Crippen LogP contribution in [0.3, 0.4) is 0 Å². The molecule has 4 heteroatoms. The van der Waals surface area contributed by atoms with Crippen LogP contribution in [-0.4, -0.2) is 18.8 Å². The standard InChI is InChI=1S/C15H23NO3/c1-14(2,3)19-13(17)16-15(4,5)11-9-7-8-10-12(11)18-6/h7-10H,1-6H3,(H,16,17). The van der Waals surface area contributed by atoms with E-state index in [4.69, 9.17) is 9.47 Å². The summed E-state index contributed by atoms with van der Waals surface area (Å²) in [6.07, 6.45) is -0.441. The molecular formula is C15H23NO3. The van der Waals surface area contributed by atoms with Gasteiger partial charge in [-0.05, 0) is 40.7 Å². The molecule has 0 spiro atoms. The molecule has 106 valence electrons. The fourth-order valence-electron chi connectivity index (χ4n) is 1.79. The topological polar surface area (TPSA) is 47.6 Å². The molecule has 0 saturated heterocycles. The predicted octanol–water partition coefficient (Wildman–Crippen LogP) is 3.46. The number of benzene rings is 1. The van der Waals surface area contributed by atoms with Crippen LogP contribution in [0.4, 0.5) is 4.79 Å². The van der Waals surface area contributed by atoms with Crippen molar-refractivity contribution in [3.05, 3.63) is 29.8 Å². The Hall–Kier alpha value is -1.71. The van der Waals surface area contributed by atoms with Gasteiger partial charge in [0.2, 0.25) is 0 Å². The molecule has 0 saturated carbocycles. The van der Waals surface area contributed by atoms with Gasteiger partial charge in [0.05, 0.1) is 12.6 Å². The van der Waals surface area contributed by atoms with Gasteiger partial charge >= 0.3 is 6.09 Å². The summed E-state index contributed by atoms with van der Waals surface area (Å²) in [4.78, 5) is 11.9. The van der Waals surface area contributed by atoms with E-state index in [1.165, 1.54) is 0 Å². The molecule has 0 fully saturated rings. The molecule has 0 radical (unpaired) electrons. The molecule has 1 aromatic rings. The zero-order valence-electron chi connectivity index (χ0n) is 12.5. The molecule has 0 atom stereocenters. The first-order chi connectivity index (χ1) is 8.65. The van der Waals surface area contributed by atoms with E-state index in [-0.39, 0.29) is 0 Å². The Morgan fingerprint density at radius 2 is 1.68 bits per heavy atom. The van der Waals surface area contributed by atoms with Crippen molar-refractivity contribution in [3.63, 3.8) is 0 Å². The second-order valence-electron chi connectivity index (χ2n) is 5.95. The summed E-state index contributed by atoms with van der Waals surface area (Å²) in [5.41, 5.74) is -0.182. The molecule has 1 aromatic carbocycles. The summed E-state index contributed by atoms with van der Waals surface area (Å²) in [7, 11) is 1.61. The molecule has 1 N–H and O–H groups in total. The monoisotopic (exact) mass is 265 g/mol. The third-order valence-corrected chi connectivity index (χ3v) is 2.59. The van der Waals surface area contributed by atoms with Gasteiger partial charge in [0.1, 0.15) is 11.4 Å². The van der Waals surface area contributed by atoms with Crippen molar-refractivity contribution >= 4 is 6.09 Å². The van der Waals surface area contributed by atoms with Gasteiger partial charge in [-0.15, -0.1) is 0 Å². The first-order valence-corrected chi connectivity index (χ1v) is 6.30.